The largest absolute Gasteiger partial charge is 0.382 e. The summed E-state index contributed by atoms with van der Waals surface area (Å²) in [6.45, 7) is 0. The second-order valence-corrected chi connectivity index (χ2v) is 3.07. The molecule has 0 aliphatic heterocycles. The normalized spacial score (nSPS) is 10.5. The van der Waals surface area contributed by atoms with Crippen LogP contribution in [0.3, 0.4) is 0 Å². The van der Waals surface area contributed by atoms with Crippen molar-refractivity contribution in [1.82, 2.24) is 9.38 Å². The van der Waals surface area contributed by atoms with Crippen molar-refractivity contribution in [2.24, 2.45) is 5.73 Å². The Bertz CT molecular complexity index is 474. The van der Waals surface area contributed by atoms with Gasteiger partial charge in [-0.05, 0) is 12.1 Å². The maximum absolute atomic E-state index is 7.28. The van der Waals surface area contributed by atoms with Crippen molar-refractivity contribution in [3.8, 4) is 0 Å². The van der Waals surface area contributed by atoms with Crippen LogP contribution in [0.25, 0.3) is 5.65 Å². The Morgan fingerprint density at radius 2 is 2.31 bits per heavy atom. The molecule has 2 aromatic rings. The van der Waals surface area contributed by atoms with Crippen LogP contribution in [0.1, 0.15) is 5.69 Å². The molecule has 0 spiro atoms. The molecule has 0 atom stereocenters. The van der Waals surface area contributed by atoms with Gasteiger partial charge in [-0.1, -0.05) is 11.6 Å². The predicted molar refractivity (Wildman–Crippen MR) is 51.2 cm³/mol. The second kappa shape index (κ2) is 2.74. The predicted octanol–water partition coefficient (Wildman–Crippen LogP) is 1.27. The zero-order chi connectivity index (χ0) is 9.42. The van der Waals surface area contributed by atoms with E-state index in [0.29, 0.717) is 10.7 Å². The molecule has 13 heavy (non-hydrogen) atoms. The number of nitrogens with two attached hydrogens (primary N) is 1. The van der Waals surface area contributed by atoms with E-state index >= 15 is 0 Å². The van der Waals surface area contributed by atoms with E-state index in [2.05, 4.69) is 4.98 Å². The Hall–Kier alpha value is -1.55. The first-order valence-electron chi connectivity index (χ1n) is 3.65. The van der Waals surface area contributed by atoms with E-state index in [0.717, 1.165) is 5.65 Å². The lowest BCUT2D eigenvalue weighted by molar-refractivity contribution is 1.15. The molecule has 5 heteroatoms. The Morgan fingerprint density at radius 1 is 1.54 bits per heavy atom. The van der Waals surface area contributed by atoms with E-state index in [9.17, 15) is 0 Å². The molecule has 0 aromatic carbocycles. The van der Waals surface area contributed by atoms with Crippen LogP contribution in [0.2, 0.25) is 5.02 Å². The minimum Gasteiger partial charge on any atom is -0.382 e. The van der Waals surface area contributed by atoms with Gasteiger partial charge in [-0.3, -0.25) is 9.81 Å². The number of pyridine rings is 1. The van der Waals surface area contributed by atoms with Crippen LogP contribution in [-0.4, -0.2) is 15.2 Å². The highest BCUT2D eigenvalue weighted by molar-refractivity contribution is 6.30. The van der Waals surface area contributed by atoms with Gasteiger partial charge in [0.2, 0.25) is 0 Å². The average Bonchev–Trinajstić information content (AvgIpc) is 2.46. The molecule has 0 aliphatic carbocycles. The fourth-order valence-electron chi connectivity index (χ4n) is 1.15. The molecule has 2 aromatic heterocycles. The lowest BCUT2D eigenvalue weighted by Gasteiger charge is -1.98. The minimum absolute atomic E-state index is 0.0187. The Labute approximate surface area is 79.5 Å². The van der Waals surface area contributed by atoms with E-state index in [4.69, 9.17) is 22.7 Å². The first-order chi connectivity index (χ1) is 6.18. The van der Waals surface area contributed by atoms with Crippen molar-refractivity contribution in [2.45, 2.75) is 0 Å². The fourth-order valence-corrected chi connectivity index (χ4v) is 1.31. The van der Waals surface area contributed by atoms with Crippen LogP contribution in [0.15, 0.2) is 24.5 Å². The van der Waals surface area contributed by atoms with E-state index < -0.39 is 0 Å². The molecule has 0 amide bonds. The Morgan fingerprint density at radius 3 is 3.00 bits per heavy atom. The summed E-state index contributed by atoms with van der Waals surface area (Å²) in [5.74, 6) is -0.0187. The zero-order valence-corrected chi connectivity index (χ0v) is 7.42. The summed E-state index contributed by atoms with van der Waals surface area (Å²) in [7, 11) is 0. The molecule has 2 rings (SSSR count). The number of halogens is 1. The van der Waals surface area contributed by atoms with Gasteiger partial charge >= 0.3 is 0 Å². The lowest BCUT2D eigenvalue weighted by Crippen LogP contribution is -2.13. The van der Waals surface area contributed by atoms with Gasteiger partial charge < -0.3 is 5.73 Å². The van der Waals surface area contributed by atoms with Crippen LogP contribution < -0.4 is 5.73 Å². The van der Waals surface area contributed by atoms with Gasteiger partial charge in [-0.25, -0.2) is 4.98 Å². The SMILES string of the molecule is N=C(N)c1cnc2ccc(Cl)cn12. The molecular formula is C8H7ClN4. The summed E-state index contributed by atoms with van der Waals surface area (Å²) in [6, 6.07) is 3.52. The molecule has 0 saturated carbocycles. The summed E-state index contributed by atoms with van der Waals surface area (Å²) in [5.41, 5.74) is 6.64. The van der Waals surface area contributed by atoms with E-state index in [1.54, 1.807) is 28.9 Å². The van der Waals surface area contributed by atoms with Gasteiger partial charge in [0.1, 0.15) is 17.2 Å². The first-order valence-corrected chi connectivity index (χ1v) is 4.03. The highest BCUT2D eigenvalue weighted by Crippen LogP contribution is 2.12. The smallest absolute Gasteiger partial charge is 0.141 e. The molecule has 66 valence electrons. The molecule has 0 unspecified atom stereocenters. The molecule has 0 saturated heterocycles. The van der Waals surface area contributed by atoms with E-state index in [1.165, 1.54) is 0 Å². The third-order valence-electron chi connectivity index (χ3n) is 1.75. The van der Waals surface area contributed by atoms with Gasteiger partial charge in [-0.2, -0.15) is 0 Å². The zero-order valence-electron chi connectivity index (χ0n) is 6.66. The molecule has 0 fully saturated rings. The second-order valence-electron chi connectivity index (χ2n) is 2.63. The number of amidine groups is 1. The number of nitrogens with zero attached hydrogens (tertiary/aromatic N) is 2. The number of fused-ring (bicyclic) bond motifs is 1. The molecule has 2 heterocycles. The van der Waals surface area contributed by atoms with Crippen molar-refractivity contribution < 1.29 is 0 Å². The highest BCUT2D eigenvalue weighted by atomic mass is 35.5. The van der Waals surface area contributed by atoms with Gasteiger partial charge in [0, 0.05) is 6.20 Å². The molecule has 3 N–H and O–H groups in total. The van der Waals surface area contributed by atoms with Crippen molar-refractivity contribution >= 4 is 23.1 Å². The third kappa shape index (κ3) is 1.25. The maximum Gasteiger partial charge on any atom is 0.141 e. The Balaban J connectivity index is 2.79. The summed E-state index contributed by atoms with van der Waals surface area (Å²) >= 11 is 5.79. The average molecular weight is 195 g/mol. The molecule has 4 nitrogen and oxygen atoms in total. The quantitative estimate of drug-likeness (QED) is 0.530. The number of rotatable bonds is 1. The number of imidazole rings is 1. The molecule has 0 bridgehead atoms. The number of hydrogen-bond donors (Lipinski definition) is 2. The van der Waals surface area contributed by atoms with Crippen molar-refractivity contribution in [3.05, 3.63) is 35.2 Å². The van der Waals surface area contributed by atoms with Crippen LogP contribution in [0, 0.1) is 5.41 Å². The van der Waals surface area contributed by atoms with Crippen molar-refractivity contribution in [1.29, 1.82) is 5.41 Å². The van der Waals surface area contributed by atoms with Crippen LogP contribution >= 0.6 is 11.6 Å². The topological polar surface area (TPSA) is 67.2 Å². The fraction of sp³-hybridized carbons (Fsp3) is 0. The molecule has 0 aliphatic rings. The third-order valence-corrected chi connectivity index (χ3v) is 1.97. The van der Waals surface area contributed by atoms with Crippen molar-refractivity contribution in [3.63, 3.8) is 0 Å². The summed E-state index contributed by atoms with van der Waals surface area (Å²) in [5, 5.41) is 7.87. The van der Waals surface area contributed by atoms with Crippen LogP contribution in [-0.2, 0) is 0 Å². The summed E-state index contributed by atoms with van der Waals surface area (Å²) in [6.07, 6.45) is 3.23. The summed E-state index contributed by atoms with van der Waals surface area (Å²) < 4.78 is 1.69. The monoisotopic (exact) mass is 194 g/mol. The lowest BCUT2D eigenvalue weighted by atomic mass is 10.4. The maximum atomic E-state index is 7.28. The first kappa shape index (κ1) is 8.07. The number of nitrogens with one attached hydrogen (secondary N) is 1. The van der Waals surface area contributed by atoms with Crippen LogP contribution in [0.5, 0.6) is 0 Å². The van der Waals surface area contributed by atoms with Crippen LogP contribution in [0.4, 0.5) is 0 Å². The molecule has 0 radical (unpaired) electrons. The number of aromatic nitrogens is 2. The number of hydrogen-bond acceptors (Lipinski definition) is 2. The highest BCUT2D eigenvalue weighted by Gasteiger charge is 2.04. The van der Waals surface area contributed by atoms with Gasteiger partial charge in [0.15, 0.2) is 0 Å². The van der Waals surface area contributed by atoms with Gasteiger partial charge in [0.05, 0.1) is 11.2 Å². The van der Waals surface area contributed by atoms with Crippen molar-refractivity contribution in [2.75, 3.05) is 0 Å². The van der Waals surface area contributed by atoms with Gasteiger partial charge in [0.25, 0.3) is 0 Å². The Kier molecular flexibility index (Phi) is 1.70. The van der Waals surface area contributed by atoms with E-state index in [1.807, 2.05) is 0 Å². The minimum atomic E-state index is -0.0187. The standard InChI is InChI=1S/C8H7ClN4/c9-5-1-2-7-12-3-6(8(10)11)13(7)4-5/h1-4H,(H3,10,11). The van der Waals surface area contributed by atoms with Gasteiger partial charge in [-0.15, -0.1) is 0 Å². The number of nitrogen functional groups attached to an aromatic ring is 1. The summed E-state index contributed by atoms with van der Waals surface area (Å²) in [4.78, 5) is 4.06. The molecular weight excluding hydrogens is 188 g/mol. The van der Waals surface area contributed by atoms with E-state index in [-0.39, 0.29) is 5.84 Å².